The Kier molecular flexibility index (Phi) is 4.71. The number of rotatable bonds is 6. The second-order valence-corrected chi connectivity index (χ2v) is 7.06. The predicted molar refractivity (Wildman–Crippen MR) is 102 cm³/mol. The molecule has 2 aliphatic rings. The van der Waals surface area contributed by atoms with Crippen molar-refractivity contribution in [2.45, 2.75) is 25.3 Å². The highest BCUT2D eigenvalue weighted by Gasteiger charge is 2.32. The van der Waals surface area contributed by atoms with E-state index >= 15 is 0 Å². The van der Waals surface area contributed by atoms with Crippen molar-refractivity contribution in [2.24, 2.45) is 5.92 Å². The molecule has 1 fully saturated rings. The maximum Gasteiger partial charge on any atom is 0.244 e. The first-order valence-corrected chi connectivity index (χ1v) is 9.17. The summed E-state index contributed by atoms with van der Waals surface area (Å²) in [6.07, 6.45) is 3.36. The van der Waals surface area contributed by atoms with Crippen LogP contribution in [0.15, 0.2) is 54.6 Å². The van der Waals surface area contributed by atoms with Crippen molar-refractivity contribution in [3.63, 3.8) is 0 Å². The maximum absolute atomic E-state index is 12.8. The van der Waals surface area contributed by atoms with E-state index in [0.29, 0.717) is 17.6 Å². The highest BCUT2D eigenvalue weighted by Crippen LogP contribution is 2.34. The Balaban J connectivity index is 1.42. The summed E-state index contributed by atoms with van der Waals surface area (Å²) >= 11 is 0. The Hall–Kier alpha value is -2.66. The first-order valence-electron chi connectivity index (χ1n) is 9.17. The van der Waals surface area contributed by atoms with Crippen LogP contribution in [0.25, 0.3) is 0 Å². The Morgan fingerprint density at radius 1 is 1.12 bits per heavy atom. The van der Waals surface area contributed by atoms with Gasteiger partial charge in [-0.05, 0) is 42.9 Å². The van der Waals surface area contributed by atoms with Crippen LogP contribution in [-0.2, 0) is 16.0 Å². The lowest BCUT2D eigenvalue weighted by Gasteiger charge is -2.30. The zero-order chi connectivity index (χ0) is 17.9. The summed E-state index contributed by atoms with van der Waals surface area (Å²) in [4.78, 5) is 26.3. The van der Waals surface area contributed by atoms with Gasteiger partial charge in [0.05, 0.1) is 17.9 Å². The van der Waals surface area contributed by atoms with Gasteiger partial charge in [-0.1, -0.05) is 42.5 Å². The van der Waals surface area contributed by atoms with Gasteiger partial charge in [0.25, 0.3) is 0 Å². The molecule has 1 heterocycles. The molecule has 0 spiro atoms. The molecule has 0 bridgehead atoms. The summed E-state index contributed by atoms with van der Waals surface area (Å²) < 4.78 is 0. The molecule has 0 radical (unpaired) electrons. The number of hydrogen-bond donors (Lipinski definition) is 2. The van der Waals surface area contributed by atoms with Crippen LogP contribution in [0.5, 0.6) is 0 Å². The molecule has 5 heteroatoms. The van der Waals surface area contributed by atoms with Crippen LogP contribution in [0.3, 0.4) is 0 Å². The van der Waals surface area contributed by atoms with Crippen molar-refractivity contribution in [2.75, 3.05) is 23.3 Å². The fraction of sp³-hybridized carbons (Fsp3) is 0.333. The van der Waals surface area contributed by atoms with E-state index < -0.39 is 0 Å². The van der Waals surface area contributed by atoms with Crippen molar-refractivity contribution in [1.29, 1.82) is 0 Å². The first kappa shape index (κ1) is 16.8. The summed E-state index contributed by atoms with van der Waals surface area (Å²) in [5, 5.41) is 6.27. The summed E-state index contributed by atoms with van der Waals surface area (Å²) in [5.74, 6) is 0.422. The van der Waals surface area contributed by atoms with E-state index in [0.717, 1.165) is 12.1 Å². The van der Waals surface area contributed by atoms with E-state index in [-0.39, 0.29) is 24.9 Å². The van der Waals surface area contributed by atoms with E-state index in [4.69, 9.17) is 0 Å². The molecule has 2 aromatic carbocycles. The molecule has 5 nitrogen and oxygen atoms in total. The molecule has 1 saturated carbocycles. The molecule has 2 amide bonds. The van der Waals surface area contributed by atoms with Gasteiger partial charge in [0.1, 0.15) is 6.54 Å². The predicted octanol–water partition coefficient (Wildman–Crippen LogP) is 2.58. The highest BCUT2D eigenvalue weighted by atomic mass is 16.2. The van der Waals surface area contributed by atoms with Gasteiger partial charge in [-0.15, -0.1) is 0 Å². The topological polar surface area (TPSA) is 61.4 Å². The SMILES string of the molecule is O=C1CN(C(=O)CNC(Cc2ccccc2)C2CC2)c2ccccc2N1. The molecular weight excluding hydrogens is 326 g/mol. The minimum Gasteiger partial charge on any atom is -0.323 e. The molecule has 1 aliphatic heterocycles. The standard InChI is InChI=1S/C21H23N3O2/c25-20-14-24(19-9-5-4-8-17(19)23-20)21(26)13-22-18(16-10-11-16)12-15-6-2-1-3-7-15/h1-9,16,18,22H,10-14H2,(H,23,25). The van der Waals surface area contributed by atoms with Crippen molar-refractivity contribution in [1.82, 2.24) is 5.32 Å². The number of fused-ring (bicyclic) bond motifs is 1. The van der Waals surface area contributed by atoms with E-state index in [1.807, 2.05) is 42.5 Å². The van der Waals surface area contributed by atoms with Crippen molar-refractivity contribution in [3.8, 4) is 0 Å². The van der Waals surface area contributed by atoms with Crippen LogP contribution in [0.1, 0.15) is 18.4 Å². The van der Waals surface area contributed by atoms with E-state index in [1.54, 1.807) is 4.90 Å². The lowest BCUT2D eigenvalue weighted by Crippen LogP contribution is -2.48. The number of hydrogen-bond acceptors (Lipinski definition) is 3. The Morgan fingerprint density at radius 2 is 1.85 bits per heavy atom. The van der Waals surface area contributed by atoms with Crippen LogP contribution >= 0.6 is 0 Å². The van der Waals surface area contributed by atoms with Gasteiger partial charge in [0.2, 0.25) is 11.8 Å². The van der Waals surface area contributed by atoms with Gasteiger partial charge in [-0.25, -0.2) is 0 Å². The third kappa shape index (κ3) is 3.78. The molecule has 4 rings (SSSR count). The normalized spacial score (nSPS) is 17.4. The average Bonchev–Trinajstić information content (AvgIpc) is 3.50. The van der Waals surface area contributed by atoms with Gasteiger partial charge in [-0.2, -0.15) is 0 Å². The lowest BCUT2D eigenvalue weighted by atomic mass is 10.0. The number of amides is 2. The number of nitrogens with one attached hydrogen (secondary N) is 2. The Bertz CT molecular complexity index is 802. The van der Waals surface area contributed by atoms with Crippen molar-refractivity contribution < 1.29 is 9.59 Å². The van der Waals surface area contributed by atoms with Crippen LogP contribution in [-0.4, -0.2) is 30.9 Å². The molecule has 0 aromatic heterocycles. The number of carbonyl (C=O) groups is 2. The third-order valence-corrected chi connectivity index (χ3v) is 5.08. The molecule has 1 unspecified atom stereocenters. The van der Waals surface area contributed by atoms with Gasteiger partial charge >= 0.3 is 0 Å². The summed E-state index contributed by atoms with van der Waals surface area (Å²) in [7, 11) is 0. The van der Waals surface area contributed by atoms with Crippen molar-refractivity contribution >= 4 is 23.2 Å². The van der Waals surface area contributed by atoms with Crippen LogP contribution in [0.4, 0.5) is 11.4 Å². The molecule has 134 valence electrons. The van der Waals surface area contributed by atoms with Gasteiger partial charge in [-0.3, -0.25) is 14.5 Å². The Labute approximate surface area is 153 Å². The van der Waals surface area contributed by atoms with E-state index in [1.165, 1.54) is 18.4 Å². The second-order valence-electron chi connectivity index (χ2n) is 7.06. The number of nitrogens with zero attached hydrogens (tertiary/aromatic N) is 1. The molecule has 1 atom stereocenters. The summed E-state index contributed by atoms with van der Waals surface area (Å²) in [6.45, 7) is 0.319. The van der Waals surface area contributed by atoms with E-state index in [2.05, 4.69) is 22.8 Å². The average molecular weight is 349 g/mol. The second kappa shape index (κ2) is 7.30. The zero-order valence-corrected chi connectivity index (χ0v) is 14.7. The lowest BCUT2D eigenvalue weighted by molar-refractivity contribution is -0.121. The number of anilines is 2. The summed E-state index contributed by atoms with van der Waals surface area (Å²) in [6, 6.07) is 18.1. The fourth-order valence-corrected chi connectivity index (χ4v) is 3.54. The number of carbonyl (C=O) groups excluding carboxylic acids is 2. The smallest absolute Gasteiger partial charge is 0.244 e. The maximum atomic E-state index is 12.8. The highest BCUT2D eigenvalue weighted by molar-refractivity contribution is 6.10. The fourth-order valence-electron chi connectivity index (χ4n) is 3.54. The number of para-hydroxylation sites is 2. The zero-order valence-electron chi connectivity index (χ0n) is 14.7. The minimum atomic E-state index is -0.153. The molecular formula is C21H23N3O2. The molecule has 2 aromatic rings. The van der Waals surface area contributed by atoms with E-state index in [9.17, 15) is 9.59 Å². The van der Waals surface area contributed by atoms with Gasteiger partial charge < -0.3 is 10.6 Å². The van der Waals surface area contributed by atoms with Crippen LogP contribution < -0.4 is 15.5 Å². The third-order valence-electron chi connectivity index (χ3n) is 5.08. The molecule has 2 N–H and O–H groups in total. The minimum absolute atomic E-state index is 0.0639. The van der Waals surface area contributed by atoms with Gasteiger partial charge in [0.15, 0.2) is 0 Å². The molecule has 0 saturated heterocycles. The Morgan fingerprint density at radius 3 is 2.62 bits per heavy atom. The largest absolute Gasteiger partial charge is 0.323 e. The molecule has 1 aliphatic carbocycles. The van der Waals surface area contributed by atoms with Gasteiger partial charge in [0, 0.05) is 6.04 Å². The number of benzene rings is 2. The van der Waals surface area contributed by atoms with Crippen LogP contribution in [0, 0.1) is 5.92 Å². The van der Waals surface area contributed by atoms with Crippen LogP contribution in [0.2, 0.25) is 0 Å². The van der Waals surface area contributed by atoms with Crippen molar-refractivity contribution in [3.05, 3.63) is 60.2 Å². The summed E-state index contributed by atoms with van der Waals surface area (Å²) in [5.41, 5.74) is 2.75. The monoisotopic (exact) mass is 349 g/mol. The molecule has 26 heavy (non-hydrogen) atoms. The quantitative estimate of drug-likeness (QED) is 0.843. The first-order chi connectivity index (χ1) is 12.7.